The van der Waals surface area contributed by atoms with Crippen LogP contribution < -0.4 is 4.74 Å². The van der Waals surface area contributed by atoms with Crippen molar-refractivity contribution in [3.63, 3.8) is 0 Å². The molecule has 0 radical (unpaired) electrons. The van der Waals surface area contributed by atoms with Gasteiger partial charge >= 0.3 is 0 Å². The van der Waals surface area contributed by atoms with Crippen molar-refractivity contribution >= 4 is 28.4 Å². The normalized spacial score (nSPS) is 15.5. The van der Waals surface area contributed by atoms with Gasteiger partial charge in [0.15, 0.2) is 0 Å². The van der Waals surface area contributed by atoms with Gasteiger partial charge in [-0.1, -0.05) is 11.6 Å². The Morgan fingerprint density at radius 2 is 2.19 bits per heavy atom. The van der Waals surface area contributed by atoms with E-state index in [1.54, 1.807) is 7.11 Å². The van der Waals surface area contributed by atoms with E-state index in [0.717, 1.165) is 41.6 Å². The zero-order valence-electron chi connectivity index (χ0n) is 11.9. The lowest BCUT2D eigenvalue weighted by atomic mass is 10.1. The third-order valence-electron chi connectivity index (χ3n) is 3.83. The Morgan fingerprint density at radius 3 is 2.95 bits per heavy atom. The van der Waals surface area contributed by atoms with Crippen LogP contribution >= 0.6 is 11.6 Å². The molecule has 0 spiro atoms. The van der Waals surface area contributed by atoms with E-state index in [9.17, 15) is 4.79 Å². The number of halogens is 1. The summed E-state index contributed by atoms with van der Waals surface area (Å²) in [4.78, 5) is 18.2. The smallest absolute Gasteiger partial charge is 0.222 e. The summed E-state index contributed by atoms with van der Waals surface area (Å²) in [6, 6.07) is 7.72. The molecule has 1 aliphatic heterocycles. The topological polar surface area (TPSA) is 42.4 Å². The maximum absolute atomic E-state index is 11.9. The SMILES string of the molecule is COc1ccc2cc(CN3CCCCC3=O)c(Cl)nc2c1. The van der Waals surface area contributed by atoms with E-state index in [1.165, 1.54) is 0 Å². The second-order valence-corrected chi connectivity index (χ2v) is 5.63. The predicted molar refractivity (Wildman–Crippen MR) is 82.6 cm³/mol. The molecule has 0 N–H and O–H groups in total. The third kappa shape index (κ3) is 2.95. The number of fused-ring (bicyclic) bond motifs is 1. The molecule has 0 atom stereocenters. The Bertz CT molecular complexity index is 687. The first-order valence-corrected chi connectivity index (χ1v) is 7.46. The number of carbonyl (C=O) groups excluding carboxylic acids is 1. The van der Waals surface area contributed by atoms with Gasteiger partial charge in [0.2, 0.25) is 5.91 Å². The fourth-order valence-electron chi connectivity index (χ4n) is 2.64. The molecular formula is C16H17ClN2O2. The molecule has 0 bridgehead atoms. The first-order chi connectivity index (χ1) is 10.2. The van der Waals surface area contributed by atoms with Gasteiger partial charge < -0.3 is 9.64 Å². The maximum Gasteiger partial charge on any atom is 0.222 e. The van der Waals surface area contributed by atoms with Crippen LogP contribution in [0.1, 0.15) is 24.8 Å². The molecule has 0 unspecified atom stereocenters. The van der Waals surface area contributed by atoms with Crippen molar-refractivity contribution in [3.05, 3.63) is 35.0 Å². The largest absolute Gasteiger partial charge is 0.497 e. The van der Waals surface area contributed by atoms with E-state index in [0.29, 0.717) is 18.1 Å². The summed E-state index contributed by atoms with van der Waals surface area (Å²) in [5.74, 6) is 0.956. The molecule has 0 aliphatic carbocycles. The van der Waals surface area contributed by atoms with Crippen LogP contribution in [0.4, 0.5) is 0 Å². The number of pyridine rings is 1. The number of methoxy groups -OCH3 is 1. The lowest BCUT2D eigenvalue weighted by Gasteiger charge is -2.27. The molecule has 1 amide bonds. The summed E-state index contributed by atoms with van der Waals surface area (Å²) >= 11 is 6.28. The van der Waals surface area contributed by atoms with Gasteiger partial charge in [-0.25, -0.2) is 4.98 Å². The standard InChI is InChI=1S/C16H17ClN2O2/c1-21-13-6-5-11-8-12(16(17)18-14(11)9-13)10-19-7-3-2-4-15(19)20/h5-6,8-9H,2-4,7,10H2,1H3. The number of ether oxygens (including phenoxy) is 1. The quantitative estimate of drug-likeness (QED) is 0.816. The van der Waals surface area contributed by atoms with Gasteiger partial charge in [0.25, 0.3) is 0 Å². The predicted octanol–water partition coefficient (Wildman–Crippen LogP) is 3.41. The Morgan fingerprint density at radius 1 is 1.33 bits per heavy atom. The summed E-state index contributed by atoms with van der Waals surface area (Å²) in [6.45, 7) is 1.34. The van der Waals surface area contributed by atoms with Gasteiger partial charge in [0.05, 0.1) is 12.6 Å². The van der Waals surface area contributed by atoms with Crippen molar-refractivity contribution in [2.24, 2.45) is 0 Å². The molecule has 3 rings (SSSR count). The van der Waals surface area contributed by atoms with Crippen LogP contribution in [0, 0.1) is 0 Å². The Balaban J connectivity index is 1.91. The molecule has 1 saturated heterocycles. The first-order valence-electron chi connectivity index (χ1n) is 7.08. The number of rotatable bonds is 3. The number of amides is 1. The van der Waals surface area contributed by atoms with Crippen LogP contribution in [0.5, 0.6) is 5.75 Å². The van der Waals surface area contributed by atoms with Crippen molar-refractivity contribution in [1.82, 2.24) is 9.88 Å². The summed E-state index contributed by atoms with van der Waals surface area (Å²) in [7, 11) is 1.62. The fourth-order valence-corrected chi connectivity index (χ4v) is 2.84. The summed E-state index contributed by atoms with van der Waals surface area (Å²) in [5.41, 5.74) is 1.69. The van der Waals surface area contributed by atoms with Gasteiger partial charge in [-0.2, -0.15) is 0 Å². The highest BCUT2D eigenvalue weighted by Gasteiger charge is 2.19. The molecule has 2 heterocycles. The van der Waals surface area contributed by atoms with Crippen LogP contribution in [0.3, 0.4) is 0 Å². The minimum Gasteiger partial charge on any atom is -0.497 e. The number of aromatic nitrogens is 1. The number of hydrogen-bond acceptors (Lipinski definition) is 3. The average molecular weight is 305 g/mol. The zero-order chi connectivity index (χ0) is 14.8. The van der Waals surface area contributed by atoms with Crippen molar-refractivity contribution in [3.8, 4) is 5.75 Å². The zero-order valence-corrected chi connectivity index (χ0v) is 12.7. The number of nitrogens with zero attached hydrogens (tertiary/aromatic N) is 2. The molecule has 5 heteroatoms. The monoisotopic (exact) mass is 304 g/mol. The van der Waals surface area contributed by atoms with Gasteiger partial charge in [-0.15, -0.1) is 0 Å². The molecular weight excluding hydrogens is 288 g/mol. The number of hydrogen-bond donors (Lipinski definition) is 0. The average Bonchev–Trinajstić information content (AvgIpc) is 2.49. The van der Waals surface area contributed by atoms with Gasteiger partial charge in [-0.3, -0.25) is 4.79 Å². The minimum atomic E-state index is 0.201. The van der Waals surface area contributed by atoms with Crippen LogP contribution in [0.15, 0.2) is 24.3 Å². The van der Waals surface area contributed by atoms with E-state index in [2.05, 4.69) is 4.98 Å². The molecule has 21 heavy (non-hydrogen) atoms. The molecule has 110 valence electrons. The molecule has 1 aromatic carbocycles. The molecule has 1 aliphatic rings. The van der Waals surface area contributed by atoms with Crippen molar-refractivity contribution in [2.75, 3.05) is 13.7 Å². The highest BCUT2D eigenvalue weighted by molar-refractivity contribution is 6.30. The minimum absolute atomic E-state index is 0.201. The molecule has 4 nitrogen and oxygen atoms in total. The first kappa shape index (κ1) is 14.1. The highest BCUT2D eigenvalue weighted by atomic mass is 35.5. The maximum atomic E-state index is 11.9. The molecule has 1 aromatic heterocycles. The number of likely N-dealkylation sites (tertiary alicyclic amines) is 1. The fraction of sp³-hybridized carbons (Fsp3) is 0.375. The summed E-state index contributed by atoms with van der Waals surface area (Å²) in [6.07, 6.45) is 2.68. The van der Waals surface area contributed by atoms with Gasteiger partial charge in [0, 0.05) is 36.5 Å². The number of carbonyl (C=O) groups is 1. The van der Waals surface area contributed by atoms with E-state index < -0.39 is 0 Å². The van der Waals surface area contributed by atoms with Crippen molar-refractivity contribution < 1.29 is 9.53 Å². The molecule has 1 fully saturated rings. The van der Waals surface area contributed by atoms with Crippen LogP contribution in [0.25, 0.3) is 10.9 Å². The second-order valence-electron chi connectivity index (χ2n) is 5.27. The second kappa shape index (κ2) is 5.90. The molecule has 0 saturated carbocycles. The van der Waals surface area contributed by atoms with E-state index in [4.69, 9.17) is 16.3 Å². The highest BCUT2D eigenvalue weighted by Crippen LogP contribution is 2.26. The number of benzene rings is 1. The van der Waals surface area contributed by atoms with E-state index >= 15 is 0 Å². The summed E-state index contributed by atoms with van der Waals surface area (Å²) < 4.78 is 5.19. The van der Waals surface area contributed by atoms with Gasteiger partial charge in [0.1, 0.15) is 10.9 Å². The van der Waals surface area contributed by atoms with Crippen LogP contribution in [0.2, 0.25) is 5.15 Å². The van der Waals surface area contributed by atoms with E-state index in [1.807, 2.05) is 29.2 Å². The Kier molecular flexibility index (Phi) is 3.97. The van der Waals surface area contributed by atoms with Crippen molar-refractivity contribution in [2.45, 2.75) is 25.8 Å². The molecule has 2 aromatic rings. The Hall–Kier alpha value is -1.81. The van der Waals surface area contributed by atoms with Crippen LogP contribution in [-0.2, 0) is 11.3 Å². The third-order valence-corrected chi connectivity index (χ3v) is 4.16. The number of piperidine rings is 1. The Labute approximate surface area is 128 Å². The van der Waals surface area contributed by atoms with Gasteiger partial charge in [-0.05, 0) is 31.0 Å². The lowest BCUT2D eigenvalue weighted by Crippen LogP contribution is -2.34. The lowest BCUT2D eigenvalue weighted by molar-refractivity contribution is -0.133. The van der Waals surface area contributed by atoms with E-state index in [-0.39, 0.29) is 5.91 Å². The summed E-state index contributed by atoms with van der Waals surface area (Å²) in [5, 5.41) is 1.45. The van der Waals surface area contributed by atoms with Crippen LogP contribution in [-0.4, -0.2) is 29.4 Å². The van der Waals surface area contributed by atoms with Crippen molar-refractivity contribution in [1.29, 1.82) is 0 Å².